The zero-order chi connectivity index (χ0) is 14.0. The monoisotopic (exact) mass is 287 g/mol. The average Bonchev–Trinajstić information content (AvgIpc) is 2.94. The first-order valence-corrected chi connectivity index (χ1v) is 7.99. The fourth-order valence-corrected chi connectivity index (χ4v) is 4.17. The minimum atomic E-state index is 0.0107. The first-order chi connectivity index (χ1) is 9.72. The van der Waals surface area contributed by atoms with Gasteiger partial charge in [-0.2, -0.15) is 0 Å². The van der Waals surface area contributed by atoms with E-state index in [2.05, 4.69) is 49.4 Å². The van der Waals surface area contributed by atoms with E-state index in [0.29, 0.717) is 0 Å². The minimum Gasteiger partial charge on any atom is -0.381 e. The number of hydrogen-bond donors (Lipinski definition) is 1. The summed E-state index contributed by atoms with van der Waals surface area (Å²) in [6.07, 6.45) is 1.99. The number of hydrogen-bond acceptors (Lipinski definition) is 3. The lowest BCUT2D eigenvalue weighted by molar-refractivity contribution is 0.0402. The van der Waals surface area contributed by atoms with Crippen molar-refractivity contribution in [1.29, 1.82) is 0 Å². The third-order valence-electron chi connectivity index (χ3n) is 4.40. The summed E-state index contributed by atoms with van der Waals surface area (Å²) in [7, 11) is 0. The number of ether oxygens (including phenoxy) is 1. The van der Waals surface area contributed by atoms with Crippen LogP contribution in [-0.4, -0.2) is 13.2 Å². The summed E-state index contributed by atoms with van der Waals surface area (Å²) < 4.78 is 5.59. The second-order valence-corrected chi connectivity index (χ2v) is 6.88. The molecule has 1 fully saturated rings. The van der Waals surface area contributed by atoms with Crippen LogP contribution in [-0.2, 0) is 10.2 Å². The molecule has 2 nitrogen and oxygen atoms in total. The molecule has 0 aliphatic carbocycles. The Bertz CT molecular complexity index is 557. The first-order valence-electron chi connectivity index (χ1n) is 7.17. The lowest BCUT2D eigenvalue weighted by Gasteiger charge is -2.42. The van der Waals surface area contributed by atoms with E-state index in [9.17, 15) is 0 Å². The molecule has 1 saturated heterocycles. The Morgan fingerprint density at radius 1 is 1.10 bits per heavy atom. The van der Waals surface area contributed by atoms with Crippen LogP contribution in [0.2, 0.25) is 0 Å². The molecular weight excluding hydrogens is 266 g/mol. The second kappa shape index (κ2) is 5.68. The van der Waals surface area contributed by atoms with Crippen LogP contribution in [0.4, 0.5) is 0 Å². The Labute approximate surface area is 124 Å². The molecule has 3 rings (SSSR count). The van der Waals surface area contributed by atoms with Crippen molar-refractivity contribution in [3.63, 3.8) is 0 Å². The van der Waals surface area contributed by atoms with Gasteiger partial charge >= 0.3 is 0 Å². The third kappa shape index (κ3) is 2.41. The summed E-state index contributed by atoms with van der Waals surface area (Å²) in [4.78, 5) is 2.61. The fourth-order valence-electron chi connectivity index (χ4n) is 3.18. The first kappa shape index (κ1) is 13.8. The number of thiophene rings is 1. The third-order valence-corrected chi connectivity index (χ3v) is 5.48. The van der Waals surface area contributed by atoms with Gasteiger partial charge in [-0.3, -0.25) is 0 Å². The molecule has 20 heavy (non-hydrogen) atoms. The standard InChI is InChI=1S/C17H21NOS/c1-13-7-8-15(20-13)16(18)17(9-11-19-12-10-17)14-5-3-2-4-6-14/h2-8,16H,9-12,18H2,1H3. The summed E-state index contributed by atoms with van der Waals surface area (Å²) in [6.45, 7) is 3.74. The molecule has 1 atom stereocenters. The maximum absolute atomic E-state index is 6.70. The zero-order valence-corrected chi connectivity index (χ0v) is 12.7. The molecule has 106 valence electrons. The normalized spacial score (nSPS) is 19.7. The Balaban J connectivity index is 2.01. The maximum Gasteiger partial charge on any atom is 0.0489 e. The smallest absolute Gasteiger partial charge is 0.0489 e. The summed E-state index contributed by atoms with van der Waals surface area (Å²) in [5.41, 5.74) is 8.06. The summed E-state index contributed by atoms with van der Waals surface area (Å²) in [5, 5.41) is 0. The SMILES string of the molecule is Cc1ccc(C(N)C2(c3ccccc3)CCOCC2)s1. The second-order valence-electron chi connectivity index (χ2n) is 5.56. The highest BCUT2D eigenvalue weighted by molar-refractivity contribution is 7.12. The number of aryl methyl sites for hydroxylation is 1. The summed E-state index contributed by atoms with van der Waals surface area (Å²) in [6, 6.07) is 15.1. The van der Waals surface area contributed by atoms with Crippen LogP contribution < -0.4 is 5.73 Å². The van der Waals surface area contributed by atoms with Gasteiger partial charge in [-0.05, 0) is 37.5 Å². The van der Waals surface area contributed by atoms with Crippen LogP contribution in [0.1, 0.15) is 34.2 Å². The maximum atomic E-state index is 6.70. The predicted molar refractivity (Wildman–Crippen MR) is 84.2 cm³/mol. The van der Waals surface area contributed by atoms with Crippen molar-refractivity contribution in [3.8, 4) is 0 Å². The van der Waals surface area contributed by atoms with E-state index in [1.54, 1.807) is 0 Å². The highest BCUT2D eigenvalue weighted by Gasteiger charge is 2.41. The van der Waals surface area contributed by atoms with Gasteiger partial charge in [-0.1, -0.05) is 30.3 Å². The molecule has 2 N–H and O–H groups in total. The van der Waals surface area contributed by atoms with Gasteiger partial charge in [0.25, 0.3) is 0 Å². The molecule has 0 radical (unpaired) electrons. The molecule has 1 aromatic carbocycles. The van der Waals surface area contributed by atoms with Crippen LogP contribution >= 0.6 is 11.3 Å². The highest BCUT2D eigenvalue weighted by atomic mass is 32.1. The van der Waals surface area contributed by atoms with Crippen molar-refractivity contribution in [2.24, 2.45) is 5.73 Å². The minimum absolute atomic E-state index is 0.0107. The summed E-state index contributed by atoms with van der Waals surface area (Å²) >= 11 is 1.82. The Hall–Kier alpha value is -1.16. The molecule has 1 aliphatic heterocycles. The van der Waals surface area contributed by atoms with E-state index < -0.39 is 0 Å². The molecule has 0 saturated carbocycles. The fraction of sp³-hybridized carbons (Fsp3) is 0.412. The molecule has 1 unspecified atom stereocenters. The number of benzene rings is 1. The van der Waals surface area contributed by atoms with E-state index in [0.717, 1.165) is 26.1 Å². The topological polar surface area (TPSA) is 35.2 Å². The Morgan fingerprint density at radius 2 is 1.80 bits per heavy atom. The predicted octanol–water partition coefficient (Wildman–Crippen LogP) is 3.80. The van der Waals surface area contributed by atoms with Gasteiger partial charge < -0.3 is 10.5 Å². The van der Waals surface area contributed by atoms with Crippen molar-refractivity contribution in [2.45, 2.75) is 31.2 Å². The van der Waals surface area contributed by atoms with Gasteiger partial charge in [0.05, 0.1) is 0 Å². The quantitative estimate of drug-likeness (QED) is 0.932. The van der Waals surface area contributed by atoms with Crippen molar-refractivity contribution in [3.05, 3.63) is 57.8 Å². The molecule has 2 heterocycles. The van der Waals surface area contributed by atoms with Crippen LogP contribution in [0.5, 0.6) is 0 Å². The van der Waals surface area contributed by atoms with E-state index >= 15 is 0 Å². The highest BCUT2D eigenvalue weighted by Crippen LogP contribution is 2.45. The number of nitrogens with two attached hydrogens (primary N) is 1. The zero-order valence-electron chi connectivity index (χ0n) is 11.8. The van der Waals surface area contributed by atoms with Gasteiger partial charge in [0.1, 0.15) is 0 Å². The molecule has 0 amide bonds. The molecule has 0 bridgehead atoms. The van der Waals surface area contributed by atoms with Gasteiger partial charge in [-0.15, -0.1) is 11.3 Å². The van der Waals surface area contributed by atoms with Gasteiger partial charge in [0, 0.05) is 34.4 Å². The lowest BCUT2D eigenvalue weighted by Crippen LogP contribution is -2.43. The molecule has 2 aromatic rings. The van der Waals surface area contributed by atoms with Crippen molar-refractivity contribution >= 4 is 11.3 Å². The molecule has 0 spiro atoms. The van der Waals surface area contributed by atoms with Crippen LogP contribution in [0.15, 0.2) is 42.5 Å². The van der Waals surface area contributed by atoms with E-state index in [1.165, 1.54) is 15.3 Å². The van der Waals surface area contributed by atoms with Crippen LogP contribution in [0.25, 0.3) is 0 Å². The van der Waals surface area contributed by atoms with Crippen molar-refractivity contribution in [1.82, 2.24) is 0 Å². The van der Waals surface area contributed by atoms with Crippen LogP contribution in [0.3, 0.4) is 0 Å². The molecule has 1 aromatic heterocycles. The van der Waals surface area contributed by atoms with Crippen LogP contribution in [0, 0.1) is 6.92 Å². The molecule has 1 aliphatic rings. The van der Waals surface area contributed by atoms with Crippen molar-refractivity contribution < 1.29 is 4.74 Å². The van der Waals surface area contributed by atoms with Gasteiger partial charge in [0.2, 0.25) is 0 Å². The largest absolute Gasteiger partial charge is 0.381 e. The summed E-state index contributed by atoms with van der Waals surface area (Å²) in [5.74, 6) is 0. The van der Waals surface area contributed by atoms with Gasteiger partial charge in [-0.25, -0.2) is 0 Å². The number of rotatable bonds is 3. The Kier molecular flexibility index (Phi) is 3.92. The molecule has 3 heteroatoms. The van der Waals surface area contributed by atoms with Crippen molar-refractivity contribution in [2.75, 3.05) is 13.2 Å². The van der Waals surface area contributed by atoms with E-state index in [1.807, 2.05) is 11.3 Å². The Morgan fingerprint density at radius 3 is 2.40 bits per heavy atom. The lowest BCUT2D eigenvalue weighted by atomic mass is 9.68. The molecular formula is C17H21NOS. The van der Waals surface area contributed by atoms with Gasteiger partial charge in [0.15, 0.2) is 0 Å². The average molecular weight is 287 g/mol. The van der Waals surface area contributed by atoms with E-state index in [4.69, 9.17) is 10.5 Å². The van der Waals surface area contributed by atoms with E-state index in [-0.39, 0.29) is 11.5 Å².